The molecule has 43 heavy (non-hydrogen) atoms. The van der Waals surface area contributed by atoms with E-state index in [0.29, 0.717) is 46.6 Å². The Hall–Kier alpha value is -3.85. The van der Waals surface area contributed by atoms with Crippen molar-refractivity contribution in [3.8, 4) is 5.69 Å². The molecule has 4 fully saturated rings. The summed E-state index contributed by atoms with van der Waals surface area (Å²) in [6.07, 6.45) is 3.89. The quantitative estimate of drug-likeness (QED) is 0.235. The maximum absolute atomic E-state index is 13.4. The van der Waals surface area contributed by atoms with Crippen molar-refractivity contribution in [3.63, 3.8) is 0 Å². The van der Waals surface area contributed by atoms with E-state index in [1.165, 1.54) is 36.1 Å². The summed E-state index contributed by atoms with van der Waals surface area (Å²) in [5, 5.41) is 11.3. The highest BCUT2D eigenvalue weighted by Gasteiger charge is 2.54. The number of aromatic nitrogens is 2. The molecule has 0 radical (unpaired) electrons. The van der Waals surface area contributed by atoms with Crippen molar-refractivity contribution in [1.82, 2.24) is 15.1 Å². The van der Waals surface area contributed by atoms with Gasteiger partial charge < -0.3 is 10.6 Å². The lowest BCUT2D eigenvalue weighted by molar-refractivity contribution is -0.146. The van der Waals surface area contributed by atoms with Gasteiger partial charge >= 0.3 is 6.18 Å². The van der Waals surface area contributed by atoms with Gasteiger partial charge in [-0.1, -0.05) is 23.7 Å². The first-order chi connectivity index (χ1) is 20.6. The maximum atomic E-state index is 13.4. The molecule has 1 heterocycles. The minimum absolute atomic E-state index is 0.129. The van der Waals surface area contributed by atoms with Crippen molar-refractivity contribution in [3.05, 3.63) is 88.6 Å². The third-order valence-electron chi connectivity index (χ3n) is 9.55. The molecule has 222 valence electrons. The van der Waals surface area contributed by atoms with Crippen LogP contribution < -0.4 is 10.6 Å². The van der Waals surface area contributed by atoms with Crippen LogP contribution in [0.3, 0.4) is 0 Å². The summed E-state index contributed by atoms with van der Waals surface area (Å²) < 4.78 is 40.5. The number of nitrogens with zero attached hydrogens (tertiary/aromatic N) is 2. The molecule has 4 aliphatic rings. The van der Waals surface area contributed by atoms with Gasteiger partial charge in [0.1, 0.15) is 0 Å². The van der Waals surface area contributed by atoms with E-state index in [1.54, 1.807) is 36.5 Å². The van der Waals surface area contributed by atoms with Crippen molar-refractivity contribution in [2.45, 2.75) is 51.2 Å². The second-order valence-corrected chi connectivity index (χ2v) is 12.9. The highest BCUT2D eigenvalue weighted by molar-refractivity contribution is 6.34. The number of carbonyl (C=O) groups is 2. The lowest BCUT2D eigenvalue weighted by Gasteiger charge is -2.55. The molecule has 0 unspecified atom stereocenters. The molecule has 0 saturated heterocycles. The van der Waals surface area contributed by atoms with Crippen LogP contribution in [0, 0.1) is 23.2 Å². The van der Waals surface area contributed by atoms with E-state index in [-0.39, 0.29) is 21.9 Å². The second-order valence-electron chi connectivity index (χ2n) is 12.5. The fourth-order valence-corrected chi connectivity index (χ4v) is 8.17. The molecule has 4 aliphatic carbocycles. The van der Waals surface area contributed by atoms with Crippen molar-refractivity contribution < 1.29 is 22.8 Å². The summed E-state index contributed by atoms with van der Waals surface area (Å²) in [6, 6.07) is 15.1. The largest absolute Gasteiger partial charge is 0.416 e. The number of amides is 2. The first-order valence-electron chi connectivity index (χ1n) is 14.6. The number of hydrogen-bond donors (Lipinski definition) is 2. The molecular weight excluding hydrogens is 577 g/mol. The lowest BCUT2D eigenvalue weighted by atomic mass is 9.49. The van der Waals surface area contributed by atoms with E-state index in [1.807, 2.05) is 6.07 Å². The molecule has 2 amide bonds. The average molecular weight is 607 g/mol. The number of benzene rings is 3. The number of alkyl halides is 3. The monoisotopic (exact) mass is 606 g/mol. The highest BCUT2D eigenvalue weighted by Crippen LogP contribution is 2.60. The third kappa shape index (κ3) is 5.18. The second kappa shape index (κ2) is 10.4. The van der Waals surface area contributed by atoms with Crippen LogP contribution in [0.2, 0.25) is 5.02 Å². The summed E-state index contributed by atoms with van der Waals surface area (Å²) in [5.74, 6) is 1.73. The van der Waals surface area contributed by atoms with Gasteiger partial charge in [0, 0.05) is 17.3 Å². The van der Waals surface area contributed by atoms with E-state index >= 15 is 0 Å². The van der Waals surface area contributed by atoms with E-state index < -0.39 is 17.6 Å². The van der Waals surface area contributed by atoms with Crippen LogP contribution in [-0.4, -0.2) is 21.6 Å². The van der Waals surface area contributed by atoms with Crippen LogP contribution >= 0.6 is 11.6 Å². The molecule has 10 heteroatoms. The molecule has 2 N–H and O–H groups in total. The molecule has 3 aromatic carbocycles. The topological polar surface area (TPSA) is 76.0 Å². The Balaban J connectivity index is 1.07. The molecular formula is C33H30ClF3N4O2. The van der Waals surface area contributed by atoms with Gasteiger partial charge in [0.15, 0.2) is 0 Å². The van der Waals surface area contributed by atoms with E-state index in [9.17, 15) is 22.8 Å². The number of nitrogens with one attached hydrogen (secondary N) is 2. The van der Waals surface area contributed by atoms with Crippen LogP contribution in [-0.2, 0) is 17.5 Å². The van der Waals surface area contributed by atoms with Crippen LogP contribution in [0.4, 0.5) is 18.9 Å². The highest BCUT2D eigenvalue weighted by atomic mass is 35.5. The number of carbonyl (C=O) groups excluding carboxylic acids is 2. The van der Waals surface area contributed by atoms with Gasteiger partial charge in [-0.2, -0.15) is 18.3 Å². The first-order valence-corrected chi connectivity index (χ1v) is 15.0. The lowest BCUT2D eigenvalue weighted by Crippen LogP contribution is -2.53. The summed E-state index contributed by atoms with van der Waals surface area (Å²) in [4.78, 5) is 26.8. The zero-order valence-electron chi connectivity index (χ0n) is 23.3. The van der Waals surface area contributed by atoms with E-state index in [4.69, 9.17) is 11.6 Å². The van der Waals surface area contributed by atoms with Gasteiger partial charge in [0.2, 0.25) is 5.91 Å². The van der Waals surface area contributed by atoms with Gasteiger partial charge in [-0.05, 0) is 110 Å². The number of fused-ring (bicyclic) bond motifs is 1. The minimum Gasteiger partial charge on any atom is -0.352 e. The third-order valence-corrected chi connectivity index (χ3v) is 9.88. The molecule has 4 bridgehead atoms. The number of anilines is 1. The van der Waals surface area contributed by atoms with Crippen LogP contribution in [0.5, 0.6) is 0 Å². The fourth-order valence-electron chi connectivity index (χ4n) is 7.96. The van der Waals surface area contributed by atoms with Gasteiger partial charge in [-0.15, -0.1) is 0 Å². The smallest absolute Gasteiger partial charge is 0.352 e. The minimum atomic E-state index is -4.43. The molecule has 0 spiro atoms. The van der Waals surface area contributed by atoms with Crippen LogP contribution in [0.15, 0.2) is 66.9 Å². The van der Waals surface area contributed by atoms with Crippen molar-refractivity contribution in [1.29, 1.82) is 0 Å². The Morgan fingerprint density at radius 3 is 2.28 bits per heavy atom. The predicted molar refractivity (Wildman–Crippen MR) is 158 cm³/mol. The van der Waals surface area contributed by atoms with Crippen molar-refractivity contribution in [2.75, 3.05) is 5.32 Å². The molecule has 0 atom stereocenters. The Kier molecular flexibility index (Phi) is 6.76. The van der Waals surface area contributed by atoms with Crippen molar-refractivity contribution in [2.24, 2.45) is 23.2 Å². The SMILES string of the molecule is O=C(Nc1cccc2c1cnn2-c1ccc(C(F)(F)F)cc1)c1cc(CNC(=O)C23CC4CC(CC(C4)C2)C3)ccc1Cl. The zero-order valence-corrected chi connectivity index (χ0v) is 24.0. The van der Waals surface area contributed by atoms with Crippen LogP contribution in [0.1, 0.15) is 60.0 Å². The number of hydrogen-bond acceptors (Lipinski definition) is 3. The molecule has 1 aromatic heterocycles. The average Bonchev–Trinajstić information content (AvgIpc) is 3.41. The normalized spacial score (nSPS) is 24.3. The number of halogens is 4. The van der Waals surface area contributed by atoms with Gasteiger partial charge in [-0.3, -0.25) is 9.59 Å². The predicted octanol–water partition coefficient (Wildman–Crippen LogP) is 7.78. The van der Waals surface area contributed by atoms with E-state index in [2.05, 4.69) is 15.7 Å². The van der Waals surface area contributed by atoms with Gasteiger partial charge in [-0.25, -0.2) is 4.68 Å². The van der Waals surface area contributed by atoms with Crippen molar-refractivity contribution >= 4 is 40.0 Å². The maximum Gasteiger partial charge on any atom is 0.416 e. The fraction of sp³-hybridized carbons (Fsp3) is 0.364. The summed E-state index contributed by atoms with van der Waals surface area (Å²) in [6.45, 7) is 0.313. The summed E-state index contributed by atoms with van der Waals surface area (Å²) in [5.41, 5.74) is 1.62. The Morgan fingerprint density at radius 2 is 1.63 bits per heavy atom. The standard InChI is InChI=1S/C33H30ClF3N4O2/c34-27-9-4-19(17-38-31(43)32-14-20-10-21(15-32)12-22(11-20)16-32)13-25(27)30(42)40-28-2-1-3-29-26(28)18-39-41(29)24-7-5-23(6-8-24)33(35,36)37/h1-9,13,18,20-22H,10-12,14-17H2,(H,38,43)(H,40,42). The Morgan fingerprint density at radius 1 is 0.953 bits per heavy atom. The molecule has 0 aliphatic heterocycles. The first kappa shape index (κ1) is 28.0. The summed E-state index contributed by atoms with van der Waals surface area (Å²) in [7, 11) is 0. The molecule has 4 aromatic rings. The van der Waals surface area contributed by atoms with E-state index in [0.717, 1.165) is 37.0 Å². The Bertz CT molecular complexity index is 1700. The Labute approximate surface area is 251 Å². The molecule has 4 saturated carbocycles. The van der Waals surface area contributed by atoms with Crippen LogP contribution in [0.25, 0.3) is 16.6 Å². The summed E-state index contributed by atoms with van der Waals surface area (Å²) >= 11 is 6.43. The molecule has 8 rings (SSSR count). The van der Waals surface area contributed by atoms with Gasteiger partial charge in [0.25, 0.3) is 5.91 Å². The zero-order chi connectivity index (χ0) is 29.9. The van der Waals surface area contributed by atoms with Gasteiger partial charge in [0.05, 0.1) is 39.2 Å². The molecule has 6 nitrogen and oxygen atoms in total. The number of rotatable bonds is 6.